The zero-order valence-electron chi connectivity index (χ0n) is 11.3. The summed E-state index contributed by atoms with van der Waals surface area (Å²) in [6.45, 7) is 3.78. The minimum atomic E-state index is -0.805. The van der Waals surface area contributed by atoms with E-state index in [0.717, 1.165) is 6.42 Å². The molecule has 102 valence electrons. The molecule has 0 amide bonds. The van der Waals surface area contributed by atoms with Gasteiger partial charge in [0.2, 0.25) is 0 Å². The Kier molecular flexibility index (Phi) is 5.20. The number of esters is 1. The molecule has 1 rings (SSSR count). The molecule has 1 atom stereocenters. The van der Waals surface area contributed by atoms with E-state index in [1.54, 1.807) is 25.1 Å². The van der Waals surface area contributed by atoms with E-state index in [1.165, 1.54) is 7.11 Å². The zero-order valence-corrected chi connectivity index (χ0v) is 12.0. The summed E-state index contributed by atoms with van der Waals surface area (Å²) in [6.07, 6.45) is 1.47. The van der Waals surface area contributed by atoms with Crippen LogP contribution in [0.3, 0.4) is 0 Å². The quantitative estimate of drug-likeness (QED) is 0.840. The number of rotatable bonds is 5. The molecule has 0 bridgehead atoms. The minimum absolute atomic E-state index is 0.324. The van der Waals surface area contributed by atoms with E-state index >= 15 is 0 Å². The summed E-state index contributed by atoms with van der Waals surface area (Å²) in [5.41, 5.74) is 0.286. The average molecular weight is 281 g/mol. The number of nitrogens with zero attached hydrogens (tertiary/aromatic N) is 1. The lowest BCUT2D eigenvalue weighted by Gasteiger charge is -2.28. The Morgan fingerprint density at radius 3 is 2.74 bits per heavy atom. The molecule has 0 radical (unpaired) electrons. The lowest BCUT2D eigenvalue weighted by molar-refractivity contribution is -0.145. The number of hydrogen-bond acceptors (Lipinski definition) is 4. The summed E-state index contributed by atoms with van der Waals surface area (Å²) in [6, 6.07) is 6.97. The summed E-state index contributed by atoms with van der Waals surface area (Å²) in [5, 5.41) is 12.3. The molecule has 0 aliphatic rings. The van der Waals surface area contributed by atoms with Crippen LogP contribution in [0.2, 0.25) is 5.02 Å². The van der Waals surface area contributed by atoms with Crippen molar-refractivity contribution in [3.05, 3.63) is 28.8 Å². The third-order valence-electron chi connectivity index (χ3n) is 2.90. The van der Waals surface area contributed by atoms with Crippen LogP contribution in [0.25, 0.3) is 0 Å². The minimum Gasteiger partial charge on any atom is -0.467 e. The molecule has 0 fully saturated rings. The van der Waals surface area contributed by atoms with Crippen molar-refractivity contribution in [2.24, 2.45) is 0 Å². The third kappa shape index (κ3) is 3.62. The van der Waals surface area contributed by atoms with Crippen molar-refractivity contribution < 1.29 is 9.53 Å². The van der Waals surface area contributed by atoms with E-state index < -0.39 is 5.54 Å². The Balaban J connectivity index is 3.01. The number of hydrogen-bond donors (Lipinski definition) is 1. The first-order valence-corrected chi connectivity index (χ1v) is 6.41. The van der Waals surface area contributed by atoms with Gasteiger partial charge in [-0.05, 0) is 31.5 Å². The Morgan fingerprint density at radius 1 is 1.58 bits per heavy atom. The number of ether oxygens (including phenoxy) is 1. The predicted molar refractivity (Wildman–Crippen MR) is 75.1 cm³/mol. The molecule has 0 spiro atoms. The molecule has 1 N–H and O–H groups in total. The fraction of sp³-hybridized carbons (Fsp3) is 0.429. The zero-order chi connectivity index (χ0) is 14.5. The smallest absolute Gasteiger partial charge is 0.331 e. The van der Waals surface area contributed by atoms with Gasteiger partial charge in [-0.2, -0.15) is 5.26 Å². The van der Waals surface area contributed by atoms with Crippen LogP contribution in [-0.2, 0) is 9.53 Å². The molecule has 1 aromatic rings. The largest absolute Gasteiger partial charge is 0.467 e. The maximum atomic E-state index is 11.9. The fourth-order valence-corrected chi connectivity index (χ4v) is 2.17. The van der Waals surface area contributed by atoms with Crippen LogP contribution in [0, 0.1) is 11.3 Å². The number of benzene rings is 1. The van der Waals surface area contributed by atoms with Crippen LogP contribution in [-0.4, -0.2) is 18.6 Å². The molecule has 0 aromatic heterocycles. The highest BCUT2D eigenvalue weighted by molar-refractivity contribution is 6.32. The molecule has 1 unspecified atom stereocenters. The average Bonchev–Trinajstić information content (AvgIpc) is 2.38. The number of anilines is 1. The maximum Gasteiger partial charge on any atom is 0.331 e. The molecule has 19 heavy (non-hydrogen) atoms. The monoisotopic (exact) mass is 280 g/mol. The van der Waals surface area contributed by atoms with E-state index in [4.69, 9.17) is 21.6 Å². The van der Waals surface area contributed by atoms with E-state index in [0.29, 0.717) is 22.7 Å². The van der Waals surface area contributed by atoms with Crippen LogP contribution >= 0.6 is 11.6 Å². The maximum absolute atomic E-state index is 11.9. The lowest BCUT2D eigenvalue weighted by atomic mass is 9.95. The topological polar surface area (TPSA) is 62.1 Å². The number of carbonyl (C=O) groups is 1. The molecule has 0 saturated heterocycles. The highest BCUT2D eigenvalue weighted by atomic mass is 35.5. The van der Waals surface area contributed by atoms with Gasteiger partial charge < -0.3 is 10.1 Å². The van der Waals surface area contributed by atoms with Gasteiger partial charge in [0.05, 0.1) is 17.7 Å². The van der Waals surface area contributed by atoms with E-state index in [1.807, 2.05) is 13.0 Å². The number of halogens is 1. The first-order chi connectivity index (χ1) is 8.96. The van der Waals surface area contributed by atoms with Crippen LogP contribution in [0.1, 0.15) is 32.3 Å². The van der Waals surface area contributed by atoms with Gasteiger partial charge in [0.1, 0.15) is 11.6 Å². The fourth-order valence-electron chi connectivity index (χ4n) is 1.94. The molecule has 4 nitrogen and oxygen atoms in total. The van der Waals surface area contributed by atoms with Crippen LogP contribution in [0.4, 0.5) is 5.69 Å². The van der Waals surface area contributed by atoms with Crippen molar-refractivity contribution >= 4 is 23.3 Å². The van der Waals surface area contributed by atoms with Gasteiger partial charge >= 0.3 is 5.97 Å². The van der Waals surface area contributed by atoms with Gasteiger partial charge in [-0.1, -0.05) is 24.9 Å². The molecule has 0 aliphatic carbocycles. The summed E-state index contributed by atoms with van der Waals surface area (Å²) >= 11 is 5.97. The number of nitrogens with one attached hydrogen (secondary N) is 1. The van der Waals surface area contributed by atoms with Gasteiger partial charge in [0.25, 0.3) is 0 Å². The standard InChI is InChI=1S/C14H17ClN2O2/c1-4-7-14(2,13(18)19-3)17-11-6-5-10(9-16)12(15)8-11/h5-6,8,17H,4,7H2,1-3H3. The first kappa shape index (κ1) is 15.3. The van der Waals surface area contributed by atoms with E-state index in [2.05, 4.69) is 5.32 Å². The molecule has 1 aromatic carbocycles. The van der Waals surface area contributed by atoms with Gasteiger partial charge in [-0.25, -0.2) is 4.79 Å². The summed E-state index contributed by atoms with van der Waals surface area (Å²) in [4.78, 5) is 11.9. The van der Waals surface area contributed by atoms with E-state index in [9.17, 15) is 4.79 Å². The predicted octanol–water partition coefficient (Wildman–Crippen LogP) is 3.36. The highest BCUT2D eigenvalue weighted by Crippen LogP contribution is 2.25. The van der Waals surface area contributed by atoms with Crippen molar-refractivity contribution in [3.8, 4) is 6.07 Å². The van der Waals surface area contributed by atoms with Crippen molar-refractivity contribution in [1.29, 1.82) is 5.26 Å². The summed E-state index contributed by atoms with van der Waals surface area (Å²) < 4.78 is 4.83. The van der Waals surface area contributed by atoms with Crippen LogP contribution in [0.5, 0.6) is 0 Å². The second-order valence-corrected chi connectivity index (χ2v) is 4.91. The van der Waals surface area contributed by atoms with Crippen LogP contribution in [0.15, 0.2) is 18.2 Å². The molecule has 0 aliphatic heterocycles. The Bertz CT molecular complexity index is 511. The van der Waals surface area contributed by atoms with Crippen molar-refractivity contribution in [3.63, 3.8) is 0 Å². The lowest BCUT2D eigenvalue weighted by Crippen LogP contribution is -2.44. The second kappa shape index (κ2) is 6.44. The molecule has 0 saturated carbocycles. The second-order valence-electron chi connectivity index (χ2n) is 4.51. The van der Waals surface area contributed by atoms with Crippen molar-refractivity contribution in [2.75, 3.05) is 12.4 Å². The summed E-state index contributed by atoms with van der Waals surface area (Å²) in [7, 11) is 1.36. The normalized spacial score (nSPS) is 13.2. The molecular weight excluding hydrogens is 264 g/mol. The van der Waals surface area contributed by atoms with Gasteiger partial charge in [0.15, 0.2) is 0 Å². The van der Waals surface area contributed by atoms with Gasteiger partial charge in [-0.15, -0.1) is 0 Å². The molecular formula is C14H17ClN2O2. The molecule has 0 heterocycles. The Hall–Kier alpha value is -1.73. The number of nitriles is 1. The third-order valence-corrected chi connectivity index (χ3v) is 3.21. The van der Waals surface area contributed by atoms with Crippen LogP contribution < -0.4 is 5.32 Å². The first-order valence-electron chi connectivity index (χ1n) is 6.03. The Labute approximate surface area is 118 Å². The highest BCUT2D eigenvalue weighted by Gasteiger charge is 2.33. The SMILES string of the molecule is CCCC(C)(Nc1ccc(C#N)c(Cl)c1)C(=O)OC. The summed E-state index contributed by atoms with van der Waals surface area (Å²) in [5.74, 6) is -0.324. The van der Waals surface area contributed by atoms with Crippen molar-refractivity contribution in [2.45, 2.75) is 32.2 Å². The molecule has 5 heteroatoms. The van der Waals surface area contributed by atoms with Gasteiger partial charge in [-0.3, -0.25) is 0 Å². The van der Waals surface area contributed by atoms with Gasteiger partial charge in [0, 0.05) is 5.69 Å². The number of carbonyl (C=O) groups excluding carboxylic acids is 1. The number of methoxy groups -OCH3 is 1. The van der Waals surface area contributed by atoms with Crippen molar-refractivity contribution in [1.82, 2.24) is 0 Å². The Morgan fingerprint density at radius 2 is 2.26 bits per heavy atom. The van der Waals surface area contributed by atoms with E-state index in [-0.39, 0.29) is 5.97 Å².